The number of rotatable bonds is 6. The lowest BCUT2D eigenvalue weighted by Crippen LogP contribution is -2.37. The number of carbonyl (C=O) groups is 2. The topological polar surface area (TPSA) is 46.6 Å². The molecule has 0 fully saturated rings. The SMILES string of the molecule is CCCN(CC(=O)OCC)C(=O)c1cccc(Br)c1. The Kier molecular flexibility index (Phi) is 6.56. The highest BCUT2D eigenvalue weighted by atomic mass is 79.9. The molecule has 0 aromatic heterocycles. The molecule has 0 N–H and O–H groups in total. The van der Waals surface area contributed by atoms with Gasteiger partial charge in [-0.25, -0.2) is 0 Å². The van der Waals surface area contributed by atoms with Crippen LogP contribution < -0.4 is 0 Å². The van der Waals surface area contributed by atoms with Crippen molar-refractivity contribution in [2.24, 2.45) is 0 Å². The maximum absolute atomic E-state index is 12.3. The molecule has 0 bridgehead atoms. The highest BCUT2D eigenvalue weighted by Crippen LogP contribution is 2.13. The maximum atomic E-state index is 12.3. The van der Waals surface area contributed by atoms with Crippen molar-refractivity contribution in [3.63, 3.8) is 0 Å². The van der Waals surface area contributed by atoms with Crippen LogP contribution in [-0.4, -0.2) is 36.5 Å². The molecular formula is C14H18BrNO3. The van der Waals surface area contributed by atoms with E-state index in [4.69, 9.17) is 4.74 Å². The molecule has 0 atom stereocenters. The highest BCUT2D eigenvalue weighted by Gasteiger charge is 2.18. The summed E-state index contributed by atoms with van der Waals surface area (Å²) in [7, 11) is 0. The van der Waals surface area contributed by atoms with E-state index in [0.717, 1.165) is 10.9 Å². The summed E-state index contributed by atoms with van der Waals surface area (Å²) in [6, 6.07) is 7.13. The van der Waals surface area contributed by atoms with E-state index in [0.29, 0.717) is 18.7 Å². The third-order valence-electron chi connectivity index (χ3n) is 2.48. The van der Waals surface area contributed by atoms with Crippen molar-refractivity contribution in [2.45, 2.75) is 20.3 Å². The Morgan fingerprint density at radius 1 is 1.32 bits per heavy atom. The van der Waals surface area contributed by atoms with Gasteiger partial charge in [0.1, 0.15) is 6.54 Å². The molecule has 1 rings (SSSR count). The van der Waals surface area contributed by atoms with Crippen LogP contribution >= 0.6 is 15.9 Å². The summed E-state index contributed by atoms with van der Waals surface area (Å²) < 4.78 is 5.73. The Hall–Kier alpha value is -1.36. The number of halogens is 1. The summed E-state index contributed by atoms with van der Waals surface area (Å²) >= 11 is 3.33. The molecule has 104 valence electrons. The minimum Gasteiger partial charge on any atom is -0.465 e. The molecule has 0 aliphatic heterocycles. The second-order valence-electron chi connectivity index (χ2n) is 4.04. The van der Waals surface area contributed by atoms with Gasteiger partial charge in [0.2, 0.25) is 0 Å². The van der Waals surface area contributed by atoms with Crippen molar-refractivity contribution in [2.75, 3.05) is 19.7 Å². The molecule has 0 unspecified atom stereocenters. The predicted octanol–water partition coefficient (Wildman–Crippen LogP) is 2.86. The number of esters is 1. The molecule has 0 aliphatic carbocycles. The Balaban J connectivity index is 2.80. The Morgan fingerprint density at radius 3 is 2.63 bits per heavy atom. The number of carbonyl (C=O) groups excluding carboxylic acids is 2. The van der Waals surface area contributed by atoms with Gasteiger partial charge in [0.05, 0.1) is 6.61 Å². The molecule has 0 saturated carbocycles. The Labute approximate surface area is 121 Å². The van der Waals surface area contributed by atoms with Crippen molar-refractivity contribution in [3.05, 3.63) is 34.3 Å². The lowest BCUT2D eigenvalue weighted by molar-refractivity contribution is -0.143. The number of hydrogen-bond acceptors (Lipinski definition) is 3. The first-order valence-corrected chi connectivity index (χ1v) is 7.08. The van der Waals surface area contributed by atoms with Gasteiger partial charge in [-0.2, -0.15) is 0 Å². The van der Waals surface area contributed by atoms with Gasteiger partial charge in [0.25, 0.3) is 5.91 Å². The summed E-state index contributed by atoms with van der Waals surface area (Å²) in [5, 5.41) is 0. The molecule has 0 heterocycles. The zero-order chi connectivity index (χ0) is 14.3. The van der Waals surface area contributed by atoms with Crippen molar-refractivity contribution in [1.29, 1.82) is 0 Å². The Bertz CT molecular complexity index is 448. The summed E-state index contributed by atoms with van der Waals surface area (Å²) in [4.78, 5) is 25.3. The van der Waals surface area contributed by atoms with Crippen LogP contribution in [0.5, 0.6) is 0 Å². The van der Waals surface area contributed by atoms with E-state index in [1.807, 2.05) is 13.0 Å². The molecule has 0 spiro atoms. The van der Waals surface area contributed by atoms with Gasteiger partial charge < -0.3 is 9.64 Å². The van der Waals surface area contributed by atoms with Gasteiger partial charge in [-0.15, -0.1) is 0 Å². The zero-order valence-electron chi connectivity index (χ0n) is 11.2. The van der Waals surface area contributed by atoms with Gasteiger partial charge in [-0.3, -0.25) is 9.59 Å². The second kappa shape index (κ2) is 7.94. The van der Waals surface area contributed by atoms with E-state index in [1.165, 1.54) is 4.90 Å². The second-order valence-corrected chi connectivity index (χ2v) is 4.96. The van der Waals surface area contributed by atoms with Gasteiger partial charge in [-0.05, 0) is 31.5 Å². The fourth-order valence-corrected chi connectivity index (χ4v) is 2.09. The van der Waals surface area contributed by atoms with E-state index >= 15 is 0 Å². The number of hydrogen-bond donors (Lipinski definition) is 0. The lowest BCUT2D eigenvalue weighted by atomic mass is 10.2. The van der Waals surface area contributed by atoms with Crippen molar-refractivity contribution < 1.29 is 14.3 Å². The smallest absolute Gasteiger partial charge is 0.325 e. The summed E-state index contributed by atoms with van der Waals surface area (Å²) in [5.74, 6) is -0.532. The van der Waals surface area contributed by atoms with Gasteiger partial charge in [0.15, 0.2) is 0 Å². The minimum atomic E-state index is -0.376. The van der Waals surface area contributed by atoms with Crippen LogP contribution in [0.15, 0.2) is 28.7 Å². The van der Waals surface area contributed by atoms with E-state index < -0.39 is 0 Å². The quantitative estimate of drug-likeness (QED) is 0.755. The molecule has 1 amide bonds. The number of ether oxygens (including phenoxy) is 1. The standard InChI is InChI=1S/C14H18BrNO3/c1-3-8-16(10-13(17)19-4-2)14(18)11-6-5-7-12(15)9-11/h5-7,9H,3-4,8,10H2,1-2H3. The number of amides is 1. The molecule has 1 aromatic rings. The third-order valence-corrected chi connectivity index (χ3v) is 2.97. The van der Waals surface area contributed by atoms with E-state index in [1.54, 1.807) is 25.1 Å². The van der Waals surface area contributed by atoms with Gasteiger partial charge in [0, 0.05) is 16.6 Å². The largest absolute Gasteiger partial charge is 0.465 e. The van der Waals surface area contributed by atoms with E-state index in [2.05, 4.69) is 15.9 Å². The number of nitrogens with zero attached hydrogens (tertiary/aromatic N) is 1. The van der Waals surface area contributed by atoms with Crippen LogP contribution in [0, 0.1) is 0 Å². The first kappa shape index (κ1) is 15.7. The minimum absolute atomic E-state index is 0.00692. The molecular weight excluding hydrogens is 310 g/mol. The predicted molar refractivity (Wildman–Crippen MR) is 77.0 cm³/mol. The molecule has 0 radical (unpaired) electrons. The lowest BCUT2D eigenvalue weighted by Gasteiger charge is -2.21. The van der Waals surface area contributed by atoms with E-state index in [9.17, 15) is 9.59 Å². The van der Waals surface area contributed by atoms with Gasteiger partial charge in [-0.1, -0.05) is 28.9 Å². The van der Waals surface area contributed by atoms with Crippen LogP contribution in [0.25, 0.3) is 0 Å². The fraction of sp³-hybridized carbons (Fsp3) is 0.429. The van der Waals surface area contributed by atoms with Crippen molar-refractivity contribution in [1.82, 2.24) is 4.90 Å². The van der Waals surface area contributed by atoms with Crippen LogP contribution in [0.4, 0.5) is 0 Å². The monoisotopic (exact) mass is 327 g/mol. The molecule has 4 nitrogen and oxygen atoms in total. The zero-order valence-corrected chi connectivity index (χ0v) is 12.8. The first-order chi connectivity index (χ1) is 9.08. The summed E-state index contributed by atoms with van der Waals surface area (Å²) in [5.41, 5.74) is 0.562. The van der Waals surface area contributed by atoms with Crippen LogP contribution in [0.2, 0.25) is 0 Å². The molecule has 5 heteroatoms. The van der Waals surface area contributed by atoms with Crippen molar-refractivity contribution in [3.8, 4) is 0 Å². The first-order valence-electron chi connectivity index (χ1n) is 6.29. The normalized spacial score (nSPS) is 10.1. The van der Waals surface area contributed by atoms with E-state index in [-0.39, 0.29) is 18.4 Å². The maximum Gasteiger partial charge on any atom is 0.325 e. The average molecular weight is 328 g/mol. The summed E-state index contributed by atoms with van der Waals surface area (Å²) in [6.07, 6.45) is 0.791. The third kappa shape index (κ3) is 5.03. The average Bonchev–Trinajstić information content (AvgIpc) is 2.37. The fourth-order valence-electron chi connectivity index (χ4n) is 1.69. The van der Waals surface area contributed by atoms with Crippen LogP contribution in [0.3, 0.4) is 0 Å². The van der Waals surface area contributed by atoms with Crippen LogP contribution in [-0.2, 0) is 9.53 Å². The highest BCUT2D eigenvalue weighted by molar-refractivity contribution is 9.10. The van der Waals surface area contributed by atoms with Crippen molar-refractivity contribution >= 4 is 27.8 Å². The summed E-state index contributed by atoms with van der Waals surface area (Å²) in [6.45, 7) is 4.56. The number of benzene rings is 1. The molecule has 0 aliphatic rings. The molecule has 0 saturated heterocycles. The molecule has 19 heavy (non-hydrogen) atoms. The van der Waals surface area contributed by atoms with Crippen LogP contribution in [0.1, 0.15) is 30.6 Å². The molecule has 1 aromatic carbocycles. The Morgan fingerprint density at radius 2 is 2.05 bits per heavy atom. The van der Waals surface area contributed by atoms with Gasteiger partial charge >= 0.3 is 5.97 Å².